The Labute approximate surface area is 165 Å². The third-order valence-corrected chi connectivity index (χ3v) is 4.69. The summed E-state index contributed by atoms with van der Waals surface area (Å²) >= 11 is 0. The summed E-state index contributed by atoms with van der Waals surface area (Å²) in [6.07, 6.45) is 7.81. The summed E-state index contributed by atoms with van der Waals surface area (Å²) in [6, 6.07) is 5.67. The van der Waals surface area contributed by atoms with Crippen molar-refractivity contribution in [1.29, 1.82) is 0 Å². The highest BCUT2D eigenvalue weighted by atomic mass is 16.1. The Kier molecular flexibility index (Phi) is 5.73. The first-order chi connectivity index (χ1) is 13.3. The van der Waals surface area contributed by atoms with Gasteiger partial charge < -0.3 is 0 Å². The van der Waals surface area contributed by atoms with E-state index in [0.29, 0.717) is 24.2 Å². The van der Waals surface area contributed by atoms with Gasteiger partial charge in [-0.2, -0.15) is 0 Å². The second kappa shape index (κ2) is 8.21. The highest BCUT2D eigenvalue weighted by Crippen LogP contribution is 2.20. The van der Waals surface area contributed by atoms with Crippen LogP contribution >= 0.6 is 0 Å². The van der Waals surface area contributed by atoms with Gasteiger partial charge in [0.25, 0.3) is 0 Å². The molecule has 0 fully saturated rings. The van der Waals surface area contributed by atoms with Crippen molar-refractivity contribution < 1.29 is 9.59 Å². The zero-order chi connectivity index (χ0) is 20.3. The van der Waals surface area contributed by atoms with Crippen LogP contribution in [0.25, 0.3) is 0 Å². The van der Waals surface area contributed by atoms with Crippen molar-refractivity contribution in [2.24, 2.45) is 9.98 Å². The number of pyridine rings is 1. The molecular formula is C23H23N3O2. The van der Waals surface area contributed by atoms with Crippen molar-refractivity contribution in [3.05, 3.63) is 76.4 Å². The number of rotatable bonds is 4. The predicted octanol–water partition coefficient (Wildman–Crippen LogP) is 4.31. The molecule has 0 unspecified atom stereocenters. The Morgan fingerprint density at radius 1 is 0.821 bits per heavy atom. The number of nitrogens with zero attached hydrogens (tertiary/aromatic N) is 3. The van der Waals surface area contributed by atoms with Gasteiger partial charge in [0.15, 0.2) is 11.6 Å². The van der Waals surface area contributed by atoms with E-state index < -0.39 is 0 Å². The molecule has 0 bridgehead atoms. The molecule has 142 valence electrons. The quantitative estimate of drug-likeness (QED) is 0.739. The van der Waals surface area contributed by atoms with Gasteiger partial charge in [-0.25, -0.2) is 4.98 Å². The van der Waals surface area contributed by atoms with E-state index in [1.165, 1.54) is 0 Å². The molecule has 3 rings (SSSR count). The number of carbonyl (C=O) groups is 2. The van der Waals surface area contributed by atoms with Gasteiger partial charge in [0, 0.05) is 25.0 Å². The van der Waals surface area contributed by atoms with Gasteiger partial charge in [0.05, 0.1) is 34.2 Å². The summed E-state index contributed by atoms with van der Waals surface area (Å²) in [7, 11) is 0. The maximum Gasteiger partial charge on any atom is 0.161 e. The molecular weight excluding hydrogens is 350 g/mol. The van der Waals surface area contributed by atoms with Crippen molar-refractivity contribution in [2.75, 3.05) is 0 Å². The van der Waals surface area contributed by atoms with Crippen molar-refractivity contribution >= 4 is 23.0 Å². The normalized spacial score (nSPS) is 18.4. The van der Waals surface area contributed by atoms with Gasteiger partial charge >= 0.3 is 0 Å². The summed E-state index contributed by atoms with van der Waals surface area (Å²) in [5.74, 6) is 0.112. The van der Waals surface area contributed by atoms with Gasteiger partial charge in [-0.05, 0) is 51.0 Å². The zero-order valence-corrected chi connectivity index (χ0v) is 16.6. The van der Waals surface area contributed by atoms with E-state index in [-0.39, 0.29) is 11.6 Å². The maximum atomic E-state index is 11.7. The lowest BCUT2D eigenvalue weighted by Gasteiger charge is -2.11. The standard InChI is InChI=1S/C23H23N3O2/c1-14-8-10-18(27)12-22(14)24-16(3)20-6-5-7-21(26-20)17(4)25-23-13-19(28)11-9-15(23)2/h5-9,12-13H,10-11H2,1-4H3. The molecule has 5 heteroatoms. The fraction of sp³-hybridized carbons (Fsp3) is 0.261. The smallest absolute Gasteiger partial charge is 0.161 e. The lowest BCUT2D eigenvalue weighted by Crippen LogP contribution is -2.08. The van der Waals surface area contributed by atoms with Crippen LogP contribution < -0.4 is 0 Å². The van der Waals surface area contributed by atoms with E-state index >= 15 is 0 Å². The fourth-order valence-corrected chi connectivity index (χ4v) is 2.92. The number of hydrogen-bond acceptors (Lipinski definition) is 5. The van der Waals surface area contributed by atoms with E-state index in [9.17, 15) is 9.59 Å². The monoisotopic (exact) mass is 373 g/mol. The number of ketones is 2. The molecule has 2 aliphatic rings. The van der Waals surface area contributed by atoms with Crippen LogP contribution in [0.3, 0.4) is 0 Å². The fourth-order valence-electron chi connectivity index (χ4n) is 2.92. The first-order valence-corrected chi connectivity index (χ1v) is 9.25. The Balaban J connectivity index is 1.90. The molecule has 0 N–H and O–H groups in total. The first-order valence-electron chi connectivity index (χ1n) is 9.25. The molecule has 0 atom stereocenters. The first kappa shape index (κ1) is 19.5. The van der Waals surface area contributed by atoms with Crippen LogP contribution in [0.1, 0.15) is 51.9 Å². The van der Waals surface area contributed by atoms with Crippen LogP contribution in [0.2, 0.25) is 0 Å². The van der Waals surface area contributed by atoms with E-state index in [4.69, 9.17) is 0 Å². The van der Waals surface area contributed by atoms with Crippen molar-refractivity contribution in [3.63, 3.8) is 0 Å². The van der Waals surface area contributed by atoms with Gasteiger partial charge in [0.1, 0.15) is 0 Å². The lowest BCUT2D eigenvalue weighted by atomic mass is 10.0. The number of aromatic nitrogens is 1. The van der Waals surface area contributed by atoms with Gasteiger partial charge in [-0.1, -0.05) is 18.2 Å². The second-order valence-corrected chi connectivity index (χ2v) is 6.98. The highest BCUT2D eigenvalue weighted by molar-refractivity contribution is 6.03. The largest absolute Gasteiger partial charge is 0.294 e. The molecule has 2 aliphatic carbocycles. The Morgan fingerprint density at radius 3 is 1.68 bits per heavy atom. The summed E-state index contributed by atoms with van der Waals surface area (Å²) < 4.78 is 0. The molecule has 0 radical (unpaired) electrons. The molecule has 0 saturated carbocycles. The number of hydrogen-bond donors (Lipinski definition) is 0. The summed E-state index contributed by atoms with van der Waals surface area (Å²) in [5, 5.41) is 0. The molecule has 0 amide bonds. The third-order valence-electron chi connectivity index (χ3n) is 4.69. The molecule has 1 heterocycles. The van der Waals surface area contributed by atoms with Gasteiger partial charge in [-0.15, -0.1) is 0 Å². The molecule has 1 aromatic rings. The molecule has 0 saturated heterocycles. The minimum Gasteiger partial charge on any atom is -0.294 e. The molecule has 0 spiro atoms. The van der Waals surface area contributed by atoms with Crippen LogP contribution in [-0.4, -0.2) is 28.0 Å². The van der Waals surface area contributed by atoms with Crippen LogP contribution in [0.4, 0.5) is 0 Å². The minimum atomic E-state index is 0.0561. The topological polar surface area (TPSA) is 71.8 Å². The average molecular weight is 373 g/mol. The Morgan fingerprint density at radius 2 is 1.25 bits per heavy atom. The van der Waals surface area contributed by atoms with Crippen molar-refractivity contribution in [1.82, 2.24) is 4.98 Å². The van der Waals surface area contributed by atoms with Crippen LogP contribution in [0, 0.1) is 0 Å². The molecule has 5 nitrogen and oxygen atoms in total. The van der Waals surface area contributed by atoms with Crippen molar-refractivity contribution in [3.8, 4) is 0 Å². The molecule has 28 heavy (non-hydrogen) atoms. The number of carbonyl (C=O) groups excluding carboxylic acids is 2. The van der Waals surface area contributed by atoms with Crippen LogP contribution in [0.15, 0.2) is 75.0 Å². The van der Waals surface area contributed by atoms with Crippen LogP contribution in [0.5, 0.6) is 0 Å². The second-order valence-electron chi connectivity index (χ2n) is 6.98. The maximum absolute atomic E-state index is 11.7. The predicted molar refractivity (Wildman–Crippen MR) is 112 cm³/mol. The van der Waals surface area contributed by atoms with Gasteiger partial charge in [-0.3, -0.25) is 19.6 Å². The SMILES string of the molecule is CC1=CCC(=O)C=C1N=C(C)c1cccc(C(C)=NC2=CC(=O)CC=C2C)n1. The van der Waals surface area contributed by atoms with Crippen LogP contribution in [-0.2, 0) is 9.59 Å². The highest BCUT2D eigenvalue weighted by Gasteiger charge is 2.12. The zero-order valence-electron chi connectivity index (χ0n) is 16.6. The Bertz CT molecular complexity index is 954. The van der Waals surface area contributed by atoms with Crippen molar-refractivity contribution in [2.45, 2.75) is 40.5 Å². The number of aliphatic imine (C=N–C) groups is 2. The summed E-state index contributed by atoms with van der Waals surface area (Å²) in [4.78, 5) is 37.2. The molecule has 0 aliphatic heterocycles. The van der Waals surface area contributed by atoms with E-state index in [1.54, 1.807) is 12.2 Å². The van der Waals surface area contributed by atoms with E-state index in [1.807, 2.05) is 58.0 Å². The summed E-state index contributed by atoms with van der Waals surface area (Å²) in [5.41, 5.74) is 6.24. The van der Waals surface area contributed by atoms with Gasteiger partial charge in [0.2, 0.25) is 0 Å². The molecule has 0 aromatic carbocycles. The minimum absolute atomic E-state index is 0.0561. The van der Waals surface area contributed by atoms with E-state index in [2.05, 4.69) is 15.0 Å². The molecule has 1 aromatic heterocycles. The lowest BCUT2D eigenvalue weighted by molar-refractivity contribution is -0.114. The number of allylic oxidation sites excluding steroid dienone is 6. The summed E-state index contributed by atoms with van der Waals surface area (Å²) in [6.45, 7) is 7.65. The Hall–Kier alpha value is -3.21. The van der Waals surface area contributed by atoms with E-state index in [0.717, 1.165) is 34.0 Å². The third kappa shape index (κ3) is 4.55. The average Bonchev–Trinajstić information content (AvgIpc) is 2.67.